The molecule has 12 heavy (non-hydrogen) atoms. The van der Waals surface area contributed by atoms with E-state index in [9.17, 15) is 10.0 Å². The van der Waals surface area contributed by atoms with Gasteiger partial charge in [0.2, 0.25) is 0 Å². The summed E-state index contributed by atoms with van der Waals surface area (Å²) in [7, 11) is 0. The van der Waals surface area contributed by atoms with Crippen molar-refractivity contribution in [1.29, 1.82) is 0 Å². The first-order chi connectivity index (χ1) is 5.38. The molecule has 0 unspecified atom stereocenters. The lowest BCUT2D eigenvalue weighted by molar-refractivity contribution is -0.530. The molecule has 0 aliphatic carbocycles. The highest BCUT2D eigenvalue weighted by Gasteiger charge is 2.19. The van der Waals surface area contributed by atoms with Gasteiger partial charge in [-0.15, -0.1) is 0 Å². The maximum Gasteiger partial charge on any atom is 0.396 e. The molecule has 0 spiro atoms. The van der Waals surface area contributed by atoms with Gasteiger partial charge in [0.05, 0.1) is 6.61 Å². The van der Waals surface area contributed by atoms with Crippen LogP contribution in [0.25, 0.3) is 0 Å². The van der Waals surface area contributed by atoms with E-state index >= 15 is 0 Å². The molecule has 0 aromatic carbocycles. The summed E-state index contributed by atoms with van der Waals surface area (Å²) in [5.41, 5.74) is -0.591. The number of esters is 1. The summed E-state index contributed by atoms with van der Waals surface area (Å²) < 4.78 is 5.16. The van der Waals surface area contributed by atoms with Gasteiger partial charge in [-0.3, -0.25) is 0 Å². The van der Waals surface area contributed by atoms with Crippen molar-refractivity contribution in [2.75, 3.05) is 6.61 Å². The van der Waals surface area contributed by atoms with Crippen LogP contribution in [0.5, 0.6) is 0 Å². The molecule has 70 valence electrons. The minimum absolute atomic E-state index is 0.285. The molecule has 0 aromatic rings. The monoisotopic (exact) mass is 173 g/mol. The molecule has 0 radical (unpaired) electrons. The Kier molecular flexibility index (Phi) is 3.73. The molecule has 0 bridgehead atoms. The average molecular weight is 173 g/mol. The van der Waals surface area contributed by atoms with Gasteiger partial charge in [0, 0.05) is 20.8 Å². The number of hydrogen-bond acceptors (Lipinski definition) is 3. The molecule has 0 aliphatic rings. The number of nitrogens with zero attached hydrogens (tertiary/aromatic N) is 1. The molecule has 4 heteroatoms. The highest BCUT2D eigenvalue weighted by Crippen LogP contribution is 2.03. The Morgan fingerprint density at radius 3 is 2.42 bits per heavy atom. The zero-order valence-corrected chi connectivity index (χ0v) is 7.96. The van der Waals surface area contributed by atoms with E-state index in [1.165, 1.54) is 0 Å². The van der Waals surface area contributed by atoms with E-state index in [2.05, 4.69) is 4.74 Å². The minimum Gasteiger partial charge on any atom is -0.623 e. The van der Waals surface area contributed by atoms with Gasteiger partial charge in [-0.1, -0.05) is 0 Å². The first-order valence-electron chi connectivity index (χ1n) is 3.86. The Bertz CT molecular complexity index is 191. The van der Waals surface area contributed by atoms with Crippen molar-refractivity contribution >= 4 is 12.2 Å². The molecule has 0 heterocycles. The van der Waals surface area contributed by atoms with E-state index in [1.54, 1.807) is 27.7 Å². The van der Waals surface area contributed by atoms with Crippen molar-refractivity contribution in [2.24, 2.45) is 0 Å². The molecule has 0 N–H and O–H groups in total. The van der Waals surface area contributed by atoms with Crippen molar-refractivity contribution in [3.8, 4) is 0 Å². The Balaban J connectivity index is 4.26. The van der Waals surface area contributed by atoms with Crippen LogP contribution >= 0.6 is 0 Å². The highest BCUT2D eigenvalue weighted by atomic mass is 16.5. The second-order valence-corrected chi connectivity index (χ2v) is 3.38. The maximum absolute atomic E-state index is 11.1. The highest BCUT2D eigenvalue weighted by molar-refractivity contribution is 6.20. The first-order valence-corrected chi connectivity index (χ1v) is 3.86. The lowest BCUT2D eigenvalue weighted by atomic mass is 10.1. The fourth-order valence-corrected chi connectivity index (χ4v) is 0.469. The molecule has 0 saturated heterocycles. The predicted octanol–water partition coefficient (Wildman–Crippen LogP) is 0.929. The van der Waals surface area contributed by atoms with Crippen LogP contribution in [-0.2, 0) is 9.53 Å². The fraction of sp³-hybridized carbons (Fsp3) is 0.750. The molecule has 0 saturated carbocycles. The second-order valence-electron chi connectivity index (χ2n) is 3.38. The number of carbonyl (C=O) groups is 1. The smallest absolute Gasteiger partial charge is 0.396 e. The van der Waals surface area contributed by atoms with Crippen molar-refractivity contribution in [3.05, 3.63) is 5.21 Å². The topological polar surface area (TPSA) is 52.4 Å². The Labute approximate surface area is 72.4 Å². The largest absolute Gasteiger partial charge is 0.623 e. The Morgan fingerprint density at radius 2 is 2.08 bits per heavy atom. The normalized spacial score (nSPS) is 12.8. The Hall–Kier alpha value is -1.06. The fourth-order valence-electron chi connectivity index (χ4n) is 0.469. The van der Waals surface area contributed by atoms with Gasteiger partial charge >= 0.3 is 5.97 Å². The van der Waals surface area contributed by atoms with Gasteiger partial charge < -0.3 is 9.94 Å². The molecule has 4 nitrogen and oxygen atoms in total. The number of hydrogen-bond donors (Lipinski definition) is 0. The Morgan fingerprint density at radius 1 is 1.58 bits per heavy atom. The van der Waals surface area contributed by atoms with E-state index in [0.717, 1.165) is 6.21 Å². The van der Waals surface area contributed by atoms with Gasteiger partial charge in [0.15, 0.2) is 5.54 Å². The zero-order valence-electron chi connectivity index (χ0n) is 7.96. The summed E-state index contributed by atoms with van der Waals surface area (Å²) in [6.45, 7) is 7.13. The molecule has 0 atom stereocenters. The van der Waals surface area contributed by atoms with E-state index < -0.39 is 11.5 Å². The van der Waals surface area contributed by atoms with Gasteiger partial charge in [0.1, 0.15) is 0 Å². The summed E-state index contributed by atoms with van der Waals surface area (Å²) in [5, 5.41) is 11.1. The molecule has 0 rings (SSSR count). The minimum atomic E-state index is -0.595. The van der Waals surface area contributed by atoms with Gasteiger partial charge in [-0.25, -0.2) is 9.53 Å². The summed E-state index contributed by atoms with van der Waals surface area (Å²) in [6, 6.07) is 0. The van der Waals surface area contributed by atoms with Crippen LogP contribution < -0.4 is 0 Å². The van der Waals surface area contributed by atoms with Crippen molar-refractivity contribution in [2.45, 2.75) is 33.2 Å². The van der Waals surface area contributed by atoms with E-state index in [1.807, 2.05) is 0 Å². The number of rotatable bonds is 2. The van der Waals surface area contributed by atoms with Crippen LogP contribution in [0.2, 0.25) is 0 Å². The van der Waals surface area contributed by atoms with E-state index in [4.69, 9.17) is 0 Å². The summed E-state index contributed by atoms with van der Waals surface area (Å²) in [4.78, 5) is 10.8. The third kappa shape index (κ3) is 3.95. The second kappa shape index (κ2) is 4.09. The average Bonchev–Trinajstić information content (AvgIpc) is 1.85. The third-order valence-corrected chi connectivity index (χ3v) is 1.17. The van der Waals surface area contributed by atoms with E-state index in [-0.39, 0.29) is 6.61 Å². The standard InChI is InChI=1S/C8H15NO3/c1-5-12-7(10)6-9(11)8(2,3)4/h6H,5H2,1-4H3/b9-6-. The van der Waals surface area contributed by atoms with Crippen LogP contribution in [0, 0.1) is 5.21 Å². The van der Waals surface area contributed by atoms with Crippen molar-refractivity contribution < 1.29 is 14.3 Å². The maximum atomic E-state index is 11.1. The van der Waals surface area contributed by atoms with Crippen LogP contribution in [-0.4, -0.2) is 29.1 Å². The van der Waals surface area contributed by atoms with Crippen molar-refractivity contribution in [3.63, 3.8) is 0 Å². The third-order valence-electron chi connectivity index (χ3n) is 1.17. The predicted molar refractivity (Wildman–Crippen MR) is 46.1 cm³/mol. The van der Waals surface area contributed by atoms with Crippen LogP contribution in [0.4, 0.5) is 0 Å². The van der Waals surface area contributed by atoms with Gasteiger partial charge in [-0.2, -0.15) is 0 Å². The quantitative estimate of drug-likeness (QED) is 0.205. The summed E-state index contributed by atoms with van der Waals surface area (Å²) in [6.07, 6.45) is 0.920. The molecular formula is C8H15NO3. The number of hydroxylamine groups is 1. The van der Waals surface area contributed by atoms with E-state index in [0.29, 0.717) is 4.74 Å². The summed E-state index contributed by atoms with van der Waals surface area (Å²) >= 11 is 0. The number of carbonyl (C=O) groups excluding carboxylic acids is 1. The summed E-state index contributed by atoms with van der Waals surface area (Å²) in [5.74, 6) is -0.595. The first kappa shape index (κ1) is 10.9. The molecule has 0 aromatic heterocycles. The van der Waals surface area contributed by atoms with Crippen LogP contribution in [0.3, 0.4) is 0 Å². The van der Waals surface area contributed by atoms with Gasteiger partial charge in [0.25, 0.3) is 6.21 Å². The molecule has 0 fully saturated rings. The van der Waals surface area contributed by atoms with Crippen LogP contribution in [0.15, 0.2) is 0 Å². The molecule has 0 amide bonds. The molecular weight excluding hydrogens is 158 g/mol. The SMILES string of the molecule is CCOC(=O)/C=[N+](\[O-])C(C)(C)C. The lowest BCUT2D eigenvalue weighted by Crippen LogP contribution is -2.31. The number of ether oxygens (including phenoxy) is 1. The van der Waals surface area contributed by atoms with Crippen molar-refractivity contribution in [1.82, 2.24) is 0 Å². The van der Waals surface area contributed by atoms with Gasteiger partial charge in [-0.05, 0) is 6.92 Å². The lowest BCUT2D eigenvalue weighted by Gasteiger charge is -2.17. The van der Waals surface area contributed by atoms with Crippen LogP contribution in [0.1, 0.15) is 27.7 Å². The zero-order chi connectivity index (χ0) is 9.78. The molecule has 0 aliphatic heterocycles.